The summed E-state index contributed by atoms with van der Waals surface area (Å²) in [7, 11) is 0. The number of aryl methyl sites for hydroxylation is 1. The number of rotatable bonds is 5. The standard InChI is InChI=1S/C16H20N2O/c1-12(2)19-15-8-5-9-17-16(15)18-11-14-7-4-6-13(3)10-14/h4-10,12H,11H2,1-3H3,(H,17,18). The molecule has 0 radical (unpaired) electrons. The van der Waals surface area contributed by atoms with Crippen molar-refractivity contribution in [1.82, 2.24) is 4.98 Å². The molecule has 0 aliphatic heterocycles. The zero-order chi connectivity index (χ0) is 13.7. The van der Waals surface area contributed by atoms with Crippen molar-refractivity contribution in [3.63, 3.8) is 0 Å². The Hall–Kier alpha value is -2.03. The smallest absolute Gasteiger partial charge is 0.169 e. The van der Waals surface area contributed by atoms with E-state index in [1.807, 2.05) is 26.0 Å². The van der Waals surface area contributed by atoms with Crippen LogP contribution in [-0.2, 0) is 6.54 Å². The summed E-state index contributed by atoms with van der Waals surface area (Å²) in [6.45, 7) is 6.86. The van der Waals surface area contributed by atoms with Gasteiger partial charge in [-0.1, -0.05) is 29.8 Å². The molecule has 1 N–H and O–H groups in total. The summed E-state index contributed by atoms with van der Waals surface area (Å²) < 4.78 is 5.73. The minimum absolute atomic E-state index is 0.142. The lowest BCUT2D eigenvalue weighted by Crippen LogP contribution is -2.09. The second-order valence-corrected chi connectivity index (χ2v) is 4.86. The molecule has 3 heteroatoms. The predicted octanol–water partition coefficient (Wildman–Crippen LogP) is 3.79. The lowest BCUT2D eigenvalue weighted by Gasteiger charge is -2.14. The van der Waals surface area contributed by atoms with Gasteiger partial charge in [0.05, 0.1) is 6.10 Å². The molecule has 0 aliphatic rings. The van der Waals surface area contributed by atoms with Crippen molar-refractivity contribution in [3.8, 4) is 5.75 Å². The normalized spacial score (nSPS) is 10.5. The van der Waals surface area contributed by atoms with Gasteiger partial charge in [-0.25, -0.2) is 4.98 Å². The van der Waals surface area contributed by atoms with Crippen LogP contribution in [0.1, 0.15) is 25.0 Å². The Bertz CT molecular complexity index is 538. The zero-order valence-corrected chi connectivity index (χ0v) is 11.7. The second-order valence-electron chi connectivity index (χ2n) is 4.86. The summed E-state index contributed by atoms with van der Waals surface area (Å²) in [5.41, 5.74) is 2.50. The average Bonchev–Trinajstić information content (AvgIpc) is 2.37. The Labute approximate surface area is 114 Å². The number of nitrogens with zero attached hydrogens (tertiary/aromatic N) is 1. The highest BCUT2D eigenvalue weighted by Gasteiger charge is 2.05. The Kier molecular flexibility index (Phi) is 4.39. The quantitative estimate of drug-likeness (QED) is 0.883. The van der Waals surface area contributed by atoms with Gasteiger partial charge in [0, 0.05) is 12.7 Å². The van der Waals surface area contributed by atoms with E-state index in [2.05, 4.69) is 41.5 Å². The maximum atomic E-state index is 5.73. The first-order chi connectivity index (χ1) is 9.15. The van der Waals surface area contributed by atoms with E-state index >= 15 is 0 Å². The van der Waals surface area contributed by atoms with Crippen LogP contribution in [0.5, 0.6) is 5.75 Å². The third-order valence-electron chi connectivity index (χ3n) is 2.68. The molecule has 1 aromatic heterocycles. The van der Waals surface area contributed by atoms with Gasteiger partial charge in [0.25, 0.3) is 0 Å². The molecule has 0 fully saturated rings. The molecule has 1 heterocycles. The van der Waals surface area contributed by atoms with E-state index in [0.29, 0.717) is 0 Å². The van der Waals surface area contributed by atoms with Gasteiger partial charge in [-0.2, -0.15) is 0 Å². The SMILES string of the molecule is Cc1cccc(CNc2ncccc2OC(C)C)c1. The van der Waals surface area contributed by atoms with E-state index in [1.54, 1.807) is 6.20 Å². The molecule has 0 unspecified atom stereocenters. The molecule has 1 aromatic carbocycles. The van der Waals surface area contributed by atoms with Crippen LogP contribution in [0.4, 0.5) is 5.82 Å². The van der Waals surface area contributed by atoms with Crippen molar-refractivity contribution in [1.29, 1.82) is 0 Å². The fourth-order valence-electron chi connectivity index (χ4n) is 1.88. The molecule has 100 valence electrons. The van der Waals surface area contributed by atoms with Crippen molar-refractivity contribution in [2.75, 3.05) is 5.32 Å². The van der Waals surface area contributed by atoms with Gasteiger partial charge in [-0.05, 0) is 38.5 Å². The number of ether oxygens (including phenoxy) is 1. The van der Waals surface area contributed by atoms with Gasteiger partial charge >= 0.3 is 0 Å². The molecule has 19 heavy (non-hydrogen) atoms. The van der Waals surface area contributed by atoms with Crippen molar-refractivity contribution in [2.24, 2.45) is 0 Å². The van der Waals surface area contributed by atoms with Crippen LogP contribution in [0.25, 0.3) is 0 Å². The maximum absolute atomic E-state index is 5.73. The highest BCUT2D eigenvalue weighted by atomic mass is 16.5. The fraction of sp³-hybridized carbons (Fsp3) is 0.312. The molecule has 3 nitrogen and oxygen atoms in total. The van der Waals surface area contributed by atoms with Crippen molar-refractivity contribution in [3.05, 3.63) is 53.7 Å². The summed E-state index contributed by atoms with van der Waals surface area (Å²) in [5.74, 6) is 1.59. The first kappa shape index (κ1) is 13.4. The number of benzene rings is 1. The molecule has 0 spiro atoms. The lowest BCUT2D eigenvalue weighted by molar-refractivity contribution is 0.243. The van der Waals surface area contributed by atoms with Gasteiger partial charge in [-0.3, -0.25) is 0 Å². The average molecular weight is 256 g/mol. The van der Waals surface area contributed by atoms with Crippen LogP contribution in [0, 0.1) is 6.92 Å². The molecule has 2 aromatic rings. The topological polar surface area (TPSA) is 34.2 Å². The third kappa shape index (κ3) is 3.98. The van der Waals surface area contributed by atoms with E-state index in [0.717, 1.165) is 18.1 Å². The molecule has 0 aliphatic carbocycles. The van der Waals surface area contributed by atoms with Crippen LogP contribution in [0.3, 0.4) is 0 Å². The third-order valence-corrected chi connectivity index (χ3v) is 2.68. The maximum Gasteiger partial charge on any atom is 0.169 e. The highest BCUT2D eigenvalue weighted by Crippen LogP contribution is 2.22. The van der Waals surface area contributed by atoms with Crippen LogP contribution in [-0.4, -0.2) is 11.1 Å². The molecule has 0 saturated heterocycles. The van der Waals surface area contributed by atoms with Crippen LogP contribution >= 0.6 is 0 Å². The van der Waals surface area contributed by atoms with Gasteiger partial charge < -0.3 is 10.1 Å². The number of aromatic nitrogens is 1. The van der Waals surface area contributed by atoms with Crippen molar-refractivity contribution < 1.29 is 4.74 Å². The van der Waals surface area contributed by atoms with E-state index < -0.39 is 0 Å². The number of hydrogen-bond acceptors (Lipinski definition) is 3. The molecule has 0 atom stereocenters. The minimum atomic E-state index is 0.142. The minimum Gasteiger partial charge on any atom is -0.487 e. The van der Waals surface area contributed by atoms with Crippen LogP contribution < -0.4 is 10.1 Å². The molecular formula is C16H20N2O. The number of pyridine rings is 1. The molecule has 0 bridgehead atoms. The Balaban J connectivity index is 2.07. The van der Waals surface area contributed by atoms with Crippen LogP contribution in [0.15, 0.2) is 42.6 Å². The van der Waals surface area contributed by atoms with E-state index in [4.69, 9.17) is 4.74 Å². The highest BCUT2D eigenvalue weighted by molar-refractivity contribution is 5.50. The molecule has 0 saturated carbocycles. The Morgan fingerprint density at radius 2 is 2.05 bits per heavy atom. The van der Waals surface area contributed by atoms with Gasteiger partial charge in [0.2, 0.25) is 0 Å². The number of anilines is 1. The first-order valence-corrected chi connectivity index (χ1v) is 6.56. The Morgan fingerprint density at radius 1 is 1.21 bits per heavy atom. The summed E-state index contributed by atoms with van der Waals surface area (Å²) in [6.07, 6.45) is 1.91. The van der Waals surface area contributed by atoms with E-state index in [-0.39, 0.29) is 6.10 Å². The van der Waals surface area contributed by atoms with Gasteiger partial charge in [0.15, 0.2) is 11.6 Å². The monoisotopic (exact) mass is 256 g/mol. The van der Waals surface area contributed by atoms with Crippen molar-refractivity contribution in [2.45, 2.75) is 33.4 Å². The fourth-order valence-corrected chi connectivity index (χ4v) is 1.88. The second kappa shape index (κ2) is 6.23. The number of hydrogen-bond donors (Lipinski definition) is 1. The van der Waals surface area contributed by atoms with Crippen molar-refractivity contribution >= 4 is 5.82 Å². The number of nitrogens with one attached hydrogen (secondary N) is 1. The zero-order valence-electron chi connectivity index (χ0n) is 11.7. The lowest BCUT2D eigenvalue weighted by atomic mass is 10.1. The van der Waals surface area contributed by atoms with Gasteiger partial charge in [0.1, 0.15) is 0 Å². The predicted molar refractivity (Wildman–Crippen MR) is 78.5 cm³/mol. The molecule has 0 amide bonds. The first-order valence-electron chi connectivity index (χ1n) is 6.56. The largest absolute Gasteiger partial charge is 0.487 e. The molecular weight excluding hydrogens is 236 g/mol. The molecule has 2 rings (SSSR count). The van der Waals surface area contributed by atoms with E-state index in [1.165, 1.54) is 11.1 Å². The summed E-state index contributed by atoms with van der Waals surface area (Å²) in [4.78, 5) is 4.33. The summed E-state index contributed by atoms with van der Waals surface area (Å²) >= 11 is 0. The van der Waals surface area contributed by atoms with Gasteiger partial charge in [-0.15, -0.1) is 0 Å². The summed E-state index contributed by atoms with van der Waals surface area (Å²) in [6, 6.07) is 12.2. The van der Waals surface area contributed by atoms with Crippen LogP contribution in [0.2, 0.25) is 0 Å². The van der Waals surface area contributed by atoms with E-state index in [9.17, 15) is 0 Å². The summed E-state index contributed by atoms with van der Waals surface area (Å²) in [5, 5.41) is 3.33. The Morgan fingerprint density at radius 3 is 2.79 bits per heavy atom.